The van der Waals surface area contributed by atoms with Gasteiger partial charge in [-0.1, -0.05) is 17.7 Å². The molecule has 0 unspecified atom stereocenters. The van der Waals surface area contributed by atoms with E-state index in [0.29, 0.717) is 5.02 Å². The Kier molecular flexibility index (Phi) is 2.86. The third-order valence-corrected chi connectivity index (χ3v) is 3.72. The van der Waals surface area contributed by atoms with Crippen LogP contribution in [0, 0.1) is 0 Å². The molecule has 21 heavy (non-hydrogen) atoms. The summed E-state index contributed by atoms with van der Waals surface area (Å²) in [5, 5.41) is 12.7. The summed E-state index contributed by atoms with van der Waals surface area (Å²) < 4.78 is 2.05. The Morgan fingerprint density at radius 3 is 2.95 bits per heavy atom. The zero-order chi connectivity index (χ0) is 14.2. The van der Waals surface area contributed by atoms with Crippen molar-refractivity contribution in [1.82, 2.24) is 19.7 Å². The number of pyridine rings is 1. The van der Waals surface area contributed by atoms with Crippen LogP contribution in [0.15, 0.2) is 42.6 Å². The maximum Gasteiger partial charge on any atom is 0.187 e. The highest BCUT2D eigenvalue weighted by Crippen LogP contribution is 2.31. The van der Waals surface area contributed by atoms with Gasteiger partial charge in [0.05, 0.1) is 11.4 Å². The lowest BCUT2D eigenvalue weighted by Crippen LogP contribution is -2.03. The Hall–Kier alpha value is -2.40. The average Bonchev–Trinajstić information content (AvgIpc) is 2.84. The van der Waals surface area contributed by atoms with Crippen LogP contribution in [0.25, 0.3) is 17.2 Å². The molecule has 0 bridgehead atoms. The quantitative estimate of drug-likeness (QED) is 0.750. The molecule has 0 aliphatic carbocycles. The minimum atomic E-state index is 0.706. The Labute approximate surface area is 126 Å². The predicted octanol–water partition coefficient (Wildman–Crippen LogP) is 2.95. The highest BCUT2D eigenvalue weighted by atomic mass is 35.5. The molecule has 0 amide bonds. The summed E-state index contributed by atoms with van der Waals surface area (Å²) in [6.45, 7) is 0.799. The first-order valence-corrected chi connectivity index (χ1v) is 7.10. The van der Waals surface area contributed by atoms with Crippen molar-refractivity contribution in [3.05, 3.63) is 53.4 Å². The van der Waals surface area contributed by atoms with Gasteiger partial charge in [0.1, 0.15) is 11.5 Å². The second-order valence-electron chi connectivity index (χ2n) is 4.83. The Morgan fingerprint density at radius 2 is 2.10 bits per heavy atom. The third-order valence-electron chi connectivity index (χ3n) is 3.49. The van der Waals surface area contributed by atoms with Crippen LogP contribution in [0.5, 0.6) is 0 Å². The highest BCUT2D eigenvalue weighted by Gasteiger charge is 2.21. The van der Waals surface area contributed by atoms with E-state index in [1.54, 1.807) is 6.20 Å². The average molecular weight is 298 g/mol. The van der Waals surface area contributed by atoms with Crippen molar-refractivity contribution in [2.45, 2.75) is 6.42 Å². The summed E-state index contributed by atoms with van der Waals surface area (Å²) in [7, 11) is 0. The van der Waals surface area contributed by atoms with Gasteiger partial charge in [-0.3, -0.25) is 9.55 Å². The van der Waals surface area contributed by atoms with Crippen molar-refractivity contribution >= 4 is 17.3 Å². The number of nitrogens with one attached hydrogen (secondary N) is 1. The van der Waals surface area contributed by atoms with Gasteiger partial charge in [-0.25, -0.2) is 0 Å². The topological polar surface area (TPSA) is 55.6 Å². The number of rotatable bonds is 1. The van der Waals surface area contributed by atoms with Gasteiger partial charge in [0.2, 0.25) is 0 Å². The van der Waals surface area contributed by atoms with Crippen molar-refractivity contribution in [3.8, 4) is 17.2 Å². The molecule has 2 aromatic heterocycles. The first kappa shape index (κ1) is 12.3. The van der Waals surface area contributed by atoms with Crippen molar-refractivity contribution < 1.29 is 0 Å². The van der Waals surface area contributed by atoms with Crippen LogP contribution in [0.2, 0.25) is 5.02 Å². The molecule has 0 spiro atoms. The number of halogens is 1. The van der Waals surface area contributed by atoms with E-state index in [4.69, 9.17) is 11.6 Å². The van der Waals surface area contributed by atoms with Gasteiger partial charge in [-0.15, -0.1) is 10.2 Å². The number of fused-ring (bicyclic) bond motifs is 3. The molecule has 0 radical (unpaired) electrons. The molecule has 4 rings (SSSR count). The smallest absolute Gasteiger partial charge is 0.187 e. The van der Waals surface area contributed by atoms with Crippen LogP contribution in [-0.2, 0) is 6.42 Å². The van der Waals surface area contributed by atoms with Crippen molar-refractivity contribution in [2.75, 3.05) is 11.9 Å². The third kappa shape index (κ3) is 2.06. The number of aromatic nitrogens is 4. The lowest BCUT2D eigenvalue weighted by molar-refractivity contribution is 0.873. The van der Waals surface area contributed by atoms with Gasteiger partial charge in [0, 0.05) is 24.2 Å². The number of hydrogen-bond acceptors (Lipinski definition) is 4. The van der Waals surface area contributed by atoms with E-state index in [0.717, 1.165) is 41.7 Å². The van der Waals surface area contributed by atoms with E-state index < -0.39 is 0 Å². The molecule has 1 aliphatic rings. The number of nitrogens with zero attached hydrogens (tertiary/aromatic N) is 4. The summed E-state index contributed by atoms with van der Waals surface area (Å²) in [4.78, 5) is 4.38. The molecule has 3 aromatic rings. The van der Waals surface area contributed by atoms with Crippen LogP contribution < -0.4 is 5.32 Å². The molecule has 0 fully saturated rings. The van der Waals surface area contributed by atoms with E-state index in [-0.39, 0.29) is 0 Å². The van der Waals surface area contributed by atoms with Gasteiger partial charge in [0.15, 0.2) is 5.82 Å². The normalized spacial score (nSPS) is 13.0. The molecule has 6 heteroatoms. The van der Waals surface area contributed by atoms with E-state index in [2.05, 4.69) is 20.5 Å². The molecular formula is C15H12ClN5. The minimum Gasteiger partial charge on any atom is -0.383 e. The van der Waals surface area contributed by atoms with E-state index >= 15 is 0 Å². The maximum absolute atomic E-state index is 6.09. The zero-order valence-electron chi connectivity index (χ0n) is 11.1. The Bertz CT molecular complexity index is 797. The molecule has 0 atom stereocenters. The van der Waals surface area contributed by atoms with Crippen LogP contribution in [0.1, 0.15) is 5.82 Å². The highest BCUT2D eigenvalue weighted by molar-refractivity contribution is 6.31. The molecule has 0 saturated carbocycles. The van der Waals surface area contributed by atoms with E-state index in [1.807, 2.05) is 41.0 Å². The van der Waals surface area contributed by atoms with Crippen molar-refractivity contribution in [3.63, 3.8) is 0 Å². The second-order valence-corrected chi connectivity index (χ2v) is 5.26. The Balaban J connectivity index is 1.97. The summed E-state index contributed by atoms with van der Waals surface area (Å²) in [5.74, 6) is 1.67. The van der Waals surface area contributed by atoms with Crippen LogP contribution >= 0.6 is 11.6 Å². The maximum atomic E-state index is 6.09. The number of benzene rings is 1. The van der Waals surface area contributed by atoms with Gasteiger partial charge in [-0.05, 0) is 30.3 Å². The fraction of sp³-hybridized carbons (Fsp3) is 0.133. The van der Waals surface area contributed by atoms with Crippen LogP contribution in [0.4, 0.5) is 5.69 Å². The zero-order valence-corrected chi connectivity index (χ0v) is 11.9. The summed E-state index contributed by atoms with van der Waals surface area (Å²) >= 11 is 6.09. The molecule has 5 nitrogen and oxygen atoms in total. The van der Waals surface area contributed by atoms with Gasteiger partial charge >= 0.3 is 0 Å². The second kappa shape index (κ2) is 4.86. The summed E-state index contributed by atoms with van der Waals surface area (Å²) in [6.07, 6.45) is 2.56. The summed E-state index contributed by atoms with van der Waals surface area (Å²) in [5.41, 5.74) is 2.79. The van der Waals surface area contributed by atoms with Crippen molar-refractivity contribution in [2.24, 2.45) is 0 Å². The van der Waals surface area contributed by atoms with Gasteiger partial charge in [0.25, 0.3) is 0 Å². The monoisotopic (exact) mass is 297 g/mol. The van der Waals surface area contributed by atoms with E-state index in [1.165, 1.54) is 0 Å². The number of anilines is 1. The molecule has 1 N–H and O–H groups in total. The van der Waals surface area contributed by atoms with Crippen molar-refractivity contribution in [1.29, 1.82) is 0 Å². The molecule has 1 aromatic carbocycles. The lowest BCUT2D eigenvalue weighted by Gasteiger charge is -2.11. The largest absolute Gasteiger partial charge is 0.383 e. The van der Waals surface area contributed by atoms with Crippen LogP contribution in [-0.4, -0.2) is 26.3 Å². The standard InChI is InChI=1S/C15H12ClN5/c16-10-4-5-13-12(9-10)18-8-6-14-19-20-15(21(13)14)11-3-1-2-7-17-11/h1-5,7,9,18H,6,8H2. The lowest BCUT2D eigenvalue weighted by atomic mass is 10.2. The first-order valence-electron chi connectivity index (χ1n) is 6.72. The van der Waals surface area contributed by atoms with Crippen LogP contribution in [0.3, 0.4) is 0 Å². The molecule has 1 aliphatic heterocycles. The Morgan fingerprint density at radius 1 is 1.14 bits per heavy atom. The molecule has 3 heterocycles. The minimum absolute atomic E-state index is 0.706. The fourth-order valence-electron chi connectivity index (χ4n) is 2.55. The van der Waals surface area contributed by atoms with Gasteiger partial charge < -0.3 is 5.32 Å². The molecular weight excluding hydrogens is 286 g/mol. The van der Waals surface area contributed by atoms with Gasteiger partial charge in [-0.2, -0.15) is 0 Å². The summed E-state index contributed by atoms with van der Waals surface area (Å²) in [6, 6.07) is 11.5. The number of hydrogen-bond donors (Lipinski definition) is 1. The van der Waals surface area contributed by atoms with E-state index in [9.17, 15) is 0 Å². The predicted molar refractivity (Wildman–Crippen MR) is 81.8 cm³/mol. The molecule has 0 saturated heterocycles. The SMILES string of the molecule is Clc1ccc2c(c1)NCCc1nnc(-c3ccccn3)n1-2. The first-order chi connectivity index (χ1) is 10.3. The molecule has 104 valence electrons. The fourth-order valence-corrected chi connectivity index (χ4v) is 2.72.